The van der Waals surface area contributed by atoms with Gasteiger partial charge in [-0.15, -0.1) is 5.10 Å². The van der Waals surface area contributed by atoms with Gasteiger partial charge in [-0.25, -0.2) is 9.07 Å². The fraction of sp³-hybridized carbons (Fsp3) is 0.0870. The Morgan fingerprint density at radius 3 is 2.48 bits per heavy atom. The fourth-order valence-electron chi connectivity index (χ4n) is 3.59. The van der Waals surface area contributed by atoms with Gasteiger partial charge in [0.2, 0.25) is 0 Å². The van der Waals surface area contributed by atoms with E-state index in [2.05, 4.69) is 25.9 Å². The van der Waals surface area contributed by atoms with Crippen LogP contribution in [-0.2, 0) is 0 Å². The number of nitrogens with one attached hydrogen (secondary N) is 1. The van der Waals surface area contributed by atoms with Gasteiger partial charge in [0, 0.05) is 18.1 Å². The van der Waals surface area contributed by atoms with E-state index in [-0.39, 0.29) is 17.2 Å². The van der Waals surface area contributed by atoms with Crippen molar-refractivity contribution in [3.63, 3.8) is 0 Å². The lowest BCUT2D eigenvalue weighted by Crippen LogP contribution is -2.16. The first kappa shape index (κ1) is 20.3. The number of nitrogens with zero attached hydrogens (tertiary/aromatic N) is 7. The fourth-order valence-corrected chi connectivity index (χ4v) is 3.59. The van der Waals surface area contributed by atoms with Gasteiger partial charge in [0.1, 0.15) is 17.1 Å². The average molecular weight is 442 g/mol. The number of benzene rings is 2. The number of anilines is 1. The standard InChI is InChI=1S/C23H19FN8O/c1-15-9-10-17(13-21(15)31-16(2)27-28-29-31)26-22(33)18-14-25-32(20-8-4-3-7-19(20)24)23(18)30-11-5-6-12-30/h3-14H,1-2H3,(H,26,33). The number of tetrazole rings is 1. The summed E-state index contributed by atoms with van der Waals surface area (Å²) >= 11 is 0. The first-order valence-electron chi connectivity index (χ1n) is 10.2. The number of aryl methyl sites for hydroxylation is 2. The van der Waals surface area contributed by atoms with Crippen LogP contribution in [0.2, 0.25) is 0 Å². The number of aromatic nitrogens is 7. The zero-order chi connectivity index (χ0) is 22.9. The second-order valence-corrected chi connectivity index (χ2v) is 7.43. The van der Waals surface area contributed by atoms with Crippen molar-refractivity contribution in [2.24, 2.45) is 0 Å². The molecule has 0 bridgehead atoms. The van der Waals surface area contributed by atoms with Crippen LogP contribution in [0.4, 0.5) is 10.1 Å². The molecule has 2 aromatic carbocycles. The molecule has 164 valence electrons. The van der Waals surface area contributed by atoms with Gasteiger partial charge in [-0.3, -0.25) is 4.79 Å². The van der Waals surface area contributed by atoms with Crippen LogP contribution in [0, 0.1) is 19.7 Å². The molecular formula is C23H19FN8O. The molecule has 9 nitrogen and oxygen atoms in total. The maximum Gasteiger partial charge on any atom is 0.261 e. The molecule has 3 aromatic heterocycles. The van der Waals surface area contributed by atoms with E-state index in [0.29, 0.717) is 17.3 Å². The first-order valence-corrected chi connectivity index (χ1v) is 10.2. The molecule has 1 N–H and O–H groups in total. The van der Waals surface area contributed by atoms with E-state index in [9.17, 15) is 9.18 Å². The van der Waals surface area contributed by atoms with E-state index in [1.807, 2.05) is 25.1 Å². The summed E-state index contributed by atoms with van der Waals surface area (Å²) in [4.78, 5) is 13.3. The Balaban J connectivity index is 1.54. The predicted octanol–water partition coefficient (Wildman–Crippen LogP) is 3.65. The van der Waals surface area contributed by atoms with Gasteiger partial charge in [-0.05, 0) is 66.2 Å². The molecule has 5 rings (SSSR count). The summed E-state index contributed by atoms with van der Waals surface area (Å²) in [5.41, 5.74) is 2.79. The van der Waals surface area contributed by atoms with Gasteiger partial charge < -0.3 is 9.88 Å². The molecule has 0 aliphatic heterocycles. The molecule has 0 aliphatic carbocycles. The highest BCUT2D eigenvalue weighted by Gasteiger charge is 2.22. The third kappa shape index (κ3) is 3.67. The summed E-state index contributed by atoms with van der Waals surface area (Å²) in [6, 6.07) is 15.4. The lowest BCUT2D eigenvalue weighted by Gasteiger charge is -2.13. The Hall–Kier alpha value is -4.60. The molecule has 10 heteroatoms. The van der Waals surface area contributed by atoms with Gasteiger partial charge in [0.25, 0.3) is 5.91 Å². The number of carbonyl (C=O) groups excluding carboxylic acids is 1. The Bertz CT molecular complexity index is 1450. The Morgan fingerprint density at radius 2 is 1.76 bits per heavy atom. The number of hydrogen-bond donors (Lipinski definition) is 1. The van der Waals surface area contributed by atoms with Crippen molar-refractivity contribution in [1.29, 1.82) is 0 Å². The van der Waals surface area contributed by atoms with E-state index in [1.54, 1.807) is 58.9 Å². The van der Waals surface area contributed by atoms with E-state index in [0.717, 1.165) is 11.3 Å². The SMILES string of the molecule is Cc1ccc(NC(=O)c2cnn(-c3ccccc3F)c2-n2cccc2)cc1-n1nnnc1C. The third-order valence-electron chi connectivity index (χ3n) is 5.24. The summed E-state index contributed by atoms with van der Waals surface area (Å²) in [5.74, 6) is 0.222. The third-order valence-corrected chi connectivity index (χ3v) is 5.24. The van der Waals surface area contributed by atoms with Crippen molar-refractivity contribution in [2.75, 3.05) is 5.32 Å². The molecule has 0 fully saturated rings. The van der Waals surface area contributed by atoms with Crippen LogP contribution in [-0.4, -0.2) is 40.5 Å². The minimum Gasteiger partial charge on any atom is -0.322 e. The van der Waals surface area contributed by atoms with Crippen molar-refractivity contribution in [3.8, 4) is 17.2 Å². The lowest BCUT2D eigenvalue weighted by molar-refractivity contribution is 0.102. The van der Waals surface area contributed by atoms with E-state index in [4.69, 9.17) is 0 Å². The van der Waals surface area contributed by atoms with Crippen molar-refractivity contribution in [3.05, 3.63) is 96.0 Å². The molecule has 0 radical (unpaired) electrons. The molecule has 5 aromatic rings. The lowest BCUT2D eigenvalue weighted by atomic mass is 10.1. The average Bonchev–Trinajstić information content (AvgIpc) is 3.56. The molecule has 3 heterocycles. The monoisotopic (exact) mass is 442 g/mol. The van der Waals surface area contributed by atoms with Gasteiger partial charge in [0.15, 0.2) is 11.6 Å². The Morgan fingerprint density at radius 1 is 0.970 bits per heavy atom. The van der Waals surface area contributed by atoms with Crippen molar-refractivity contribution in [2.45, 2.75) is 13.8 Å². The molecule has 1 amide bonds. The van der Waals surface area contributed by atoms with Crippen LogP contribution in [0.3, 0.4) is 0 Å². The van der Waals surface area contributed by atoms with Crippen LogP contribution in [0.15, 0.2) is 73.2 Å². The molecule has 0 saturated heterocycles. The Labute approximate surface area is 188 Å². The number of hydrogen-bond acceptors (Lipinski definition) is 5. The van der Waals surface area contributed by atoms with Crippen molar-refractivity contribution >= 4 is 11.6 Å². The maximum absolute atomic E-state index is 14.5. The van der Waals surface area contributed by atoms with Crippen molar-refractivity contribution < 1.29 is 9.18 Å². The van der Waals surface area contributed by atoms with Gasteiger partial charge in [-0.2, -0.15) is 9.78 Å². The van der Waals surface area contributed by atoms with E-state index >= 15 is 0 Å². The molecule has 0 saturated carbocycles. The first-order chi connectivity index (χ1) is 16.0. The quantitative estimate of drug-likeness (QED) is 0.448. The predicted molar refractivity (Wildman–Crippen MR) is 119 cm³/mol. The number of carbonyl (C=O) groups is 1. The number of amides is 1. The summed E-state index contributed by atoms with van der Waals surface area (Å²) in [6.07, 6.45) is 4.98. The van der Waals surface area contributed by atoms with Crippen molar-refractivity contribution in [1.82, 2.24) is 34.6 Å². The van der Waals surface area contributed by atoms with Crippen LogP contribution in [0.25, 0.3) is 17.2 Å². The molecule has 0 aliphatic rings. The topological polar surface area (TPSA) is 95.5 Å². The van der Waals surface area contributed by atoms with Crippen LogP contribution in [0.5, 0.6) is 0 Å². The highest BCUT2D eigenvalue weighted by Crippen LogP contribution is 2.24. The highest BCUT2D eigenvalue weighted by atomic mass is 19.1. The normalized spacial score (nSPS) is 11.0. The summed E-state index contributed by atoms with van der Waals surface area (Å²) < 4.78 is 19.3. The number of halogens is 1. The van der Waals surface area contributed by atoms with Gasteiger partial charge in [0.05, 0.1) is 11.9 Å². The molecular weight excluding hydrogens is 423 g/mol. The van der Waals surface area contributed by atoms with E-state index < -0.39 is 5.82 Å². The second kappa shape index (κ2) is 8.15. The summed E-state index contributed by atoms with van der Waals surface area (Å²) in [7, 11) is 0. The van der Waals surface area contributed by atoms with E-state index in [1.165, 1.54) is 16.9 Å². The maximum atomic E-state index is 14.5. The minimum absolute atomic E-state index is 0.243. The second-order valence-electron chi connectivity index (χ2n) is 7.43. The number of para-hydroxylation sites is 1. The zero-order valence-electron chi connectivity index (χ0n) is 17.8. The largest absolute Gasteiger partial charge is 0.322 e. The Kier molecular flexibility index (Phi) is 5.02. The smallest absolute Gasteiger partial charge is 0.261 e. The molecule has 0 atom stereocenters. The van der Waals surface area contributed by atoms with Crippen LogP contribution >= 0.6 is 0 Å². The molecule has 0 unspecified atom stereocenters. The highest BCUT2D eigenvalue weighted by molar-refractivity contribution is 6.06. The minimum atomic E-state index is -0.444. The van der Waals surface area contributed by atoms with Crippen LogP contribution < -0.4 is 5.32 Å². The van der Waals surface area contributed by atoms with Gasteiger partial charge >= 0.3 is 0 Å². The summed E-state index contributed by atoms with van der Waals surface area (Å²) in [6.45, 7) is 3.73. The number of rotatable bonds is 5. The molecule has 0 spiro atoms. The summed E-state index contributed by atoms with van der Waals surface area (Å²) in [5, 5.41) is 18.8. The molecule has 33 heavy (non-hydrogen) atoms. The van der Waals surface area contributed by atoms with Gasteiger partial charge in [-0.1, -0.05) is 18.2 Å². The van der Waals surface area contributed by atoms with Crippen LogP contribution in [0.1, 0.15) is 21.7 Å². The zero-order valence-corrected chi connectivity index (χ0v) is 17.8.